The molecule has 0 saturated heterocycles. The number of nitrogens with one attached hydrogen (secondary N) is 2. The molecule has 0 bridgehead atoms. The van der Waals surface area contributed by atoms with Crippen LogP contribution >= 0.6 is 0 Å². The van der Waals surface area contributed by atoms with Crippen molar-refractivity contribution in [1.82, 2.24) is 10.6 Å². The minimum atomic E-state index is -0.152. The van der Waals surface area contributed by atoms with Gasteiger partial charge in [-0.15, -0.1) is 0 Å². The Morgan fingerprint density at radius 2 is 1.88 bits per heavy atom. The van der Waals surface area contributed by atoms with Crippen molar-refractivity contribution in [2.75, 3.05) is 7.05 Å². The third kappa shape index (κ3) is 7.63. The highest BCUT2D eigenvalue weighted by Crippen LogP contribution is 2.43. The third-order valence-electron chi connectivity index (χ3n) is 10.8. The minimum absolute atomic E-state index is 0.152. The van der Waals surface area contributed by atoms with Crippen LogP contribution in [-0.4, -0.2) is 12.6 Å². The van der Waals surface area contributed by atoms with E-state index in [0.29, 0.717) is 11.8 Å². The highest BCUT2D eigenvalue weighted by atomic mass is 14.9. The first-order chi connectivity index (χ1) is 20.9. The van der Waals surface area contributed by atoms with Gasteiger partial charge in [-0.25, -0.2) is 0 Å². The molecule has 2 nitrogen and oxygen atoms in total. The van der Waals surface area contributed by atoms with Crippen molar-refractivity contribution in [3.8, 4) is 0 Å². The summed E-state index contributed by atoms with van der Waals surface area (Å²) in [6.45, 7) is 13.9. The summed E-state index contributed by atoms with van der Waals surface area (Å²) >= 11 is 0. The Hall–Kier alpha value is -2.84. The average molecular weight is 579 g/mol. The molecule has 4 unspecified atom stereocenters. The van der Waals surface area contributed by atoms with Crippen LogP contribution in [0.5, 0.6) is 0 Å². The average Bonchev–Trinajstić information content (AvgIpc) is 3.29. The smallest absolute Gasteiger partial charge is 0.0622 e. The van der Waals surface area contributed by atoms with Crippen LogP contribution in [0.2, 0.25) is 0 Å². The molecule has 232 valence electrons. The van der Waals surface area contributed by atoms with Crippen LogP contribution in [0.1, 0.15) is 110 Å². The number of rotatable bonds is 13. The Morgan fingerprint density at radius 3 is 2.63 bits per heavy atom. The van der Waals surface area contributed by atoms with Gasteiger partial charge in [0.25, 0.3) is 0 Å². The van der Waals surface area contributed by atoms with E-state index in [0.717, 1.165) is 18.8 Å². The Kier molecular flexibility index (Phi) is 12.1. The van der Waals surface area contributed by atoms with E-state index < -0.39 is 0 Å². The molecule has 1 aromatic carbocycles. The second-order valence-corrected chi connectivity index (χ2v) is 13.2. The first-order valence-corrected chi connectivity index (χ1v) is 17.2. The molecule has 43 heavy (non-hydrogen) atoms. The van der Waals surface area contributed by atoms with E-state index in [-0.39, 0.29) is 5.54 Å². The van der Waals surface area contributed by atoms with Gasteiger partial charge < -0.3 is 10.6 Å². The first kappa shape index (κ1) is 33.1. The zero-order chi connectivity index (χ0) is 30.8. The van der Waals surface area contributed by atoms with Crippen LogP contribution < -0.4 is 10.6 Å². The zero-order valence-corrected chi connectivity index (χ0v) is 28.2. The van der Waals surface area contributed by atoms with E-state index >= 15 is 0 Å². The predicted octanol–water partition coefficient (Wildman–Crippen LogP) is 10.8. The molecule has 0 fully saturated rings. The molecule has 2 heteroatoms. The Morgan fingerprint density at radius 1 is 1.07 bits per heavy atom. The fourth-order valence-electron chi connectivity index (χ4n) is 7.57. The molecular formula is C41H58N2. The standard InChI is InChI=1S/C41H58N2/c1-8-11-18-33-26-27-37(41(6,42-7)31(33)5)29-32(10-3)38-23-15-14-20-34(38)19-12-13-21-35-24-25-36-22-16-17-28-43-40(36)39(35)30(4)9-2/h10,14-17,20,22-23,26-30,35,39,42-43H,8-9,11-13,18-19,21,24-25H2,1-7H3/b32-10+,37-29-. The van der Waals surface area contributed by atoms with Gasteiger partial charge in [0, 0.05) is 17.8 Å². The molecule has 0 amide bonds. The van der Waals surface area contributed by atoms with Gasteiger partial charge in [0.2, 0.25) is 0 Å². The lowest BCUT2D eigenvalue weighted by atomic mass is 9.69. The van der Waals surface area contributed by atoms with Gasteiger partial charge in [0.1, 0.15) is 0 Å². The predicted molar refractivity (Wildman–Crippen MR) is 189 cm³/mol. The monoisotopic (exact) mass is 578 g/mol. The van der Waals surface area contributed by atoms with Gasteiger partial charge in [-0.05, 0) is 136 Å². The van der Waals surface area contributed by atoms with E-state index in [1.54, 1.807) is 0 Å². The quantitative estimate of drug-likeness (QED) is 0.228. The summed E-state index contributed by atoms with van der Waals surface area (Å²) in [6.07, 6.45) is 30.6. The van der Waals surface area contributed by atoms with Gasteiger partial charge in [-0.1, -0.05) is 94.7 Å². The van der Waals surface area contributed by atoms with Crippen LogP contribution in [-0.2, 0) is 6.42 Å². The normalized spacial score (nSPS) is 25.7. The highest BCUT2D eigenvalue weighted by Gasteiger charge is 2.34. The van der Waals surface area contributed by atoms with Gasteiger partial charge in [-0.3, -0.25) is 0 Å². The summed E-state index contributed by atoms with van der Waals surface area (Å²) in [5.41, 5.74) is 11.3. The second-order valence-electron chi connectivity index (χ2n) is 13.2. The number of unbranched alkanes of at least 4 members (excludes halogenated alkanes) is 2. The number of hydrogen-bond donors (Lipinski definition) is 2. The van der Waals surface area contributed by atoms with Crippen LogP contribution in [0.15, 0.2) is 101 Å². The SMILES string of the molecule is C/C=C(\C=C1\C=CC(CCCC)=C(C)C1(C)NC)c1ccccc1CCCCC1CCC2=C(NC=CC=C2)C1C(C)CC. The molecule has 0 spiro atoms. The van der Waals surface area contributed by atoms with E-state index in [2.05, 4.69) is 132 Å². The van der Waals surface area contributed by atoms with Crippen molar-refractivity contribution in [1.29, 1.82) is 0 Å². The third-order valence-corrected chi connectivity index (χ3v) is 10.8. The lowest BCUT2D eigenvalue weighted by Crippen LogP contribution is -2.44. The molecule has 2 aliphatic carbocycles. The topological polar surface area (TPSA) is 24.1 Å². The fraction of sp³-hybridized carbons (Fsp3) is 0.512. The van der Waals surface area contributed by atoms with Crippen molar-refractivity contribution in [3.05, 3.63) is 112 Å². The van der Waals surface area contributed by atoms with E-state index in [1.165, 1.54) is 96.1 Å². The summed E-state index contributed by atoms with van der Waals surface area (Å²) in [6, 6.07) is 9.10. The largest absolute Gasteiger partial charge is 0.365 e. The maximum Gasteiger partial charge on any atom is 0.0622 e. The van der Waals surface area contributed by atoms with Crippen LogP contribution in [0.3, 0.4) is 0 Å². The van der Waals surface area contributed by atoms with Crippen molar-refractivity contribution < 1.29 is 0 Å². The molecule has 1 aromatic rings. The summed E-state index contributed by atoms with van der Waals surface area (Å²) in [4.78, 5) is 0. The lowest BCUT2D eigenvalue weighted by molar-refractivity contribution is 0.221. The molecular weight excluding hydrogens is 520 g/mol. The Balaban J connectivity index is 1.46. The van der Waals surface area contributed by atoms with Crippen molar-refractivity contribution >= 4 is 5.57 Å². The molecule has 2 N–H and O–H groups in total. The van der Waals surface area contributed by atoms with E-state index in [9.17, 15) is 0 Å². The van der Waals surface area contributed by atoms with Crippen LogP contribution in [0, 0.1) is 17.8 Å². The van der Waals surface area contributed by atoms with Crippen LogP contribution in [0.4, 0.5) is 0 Å². The summed E-state index contributed by atoms with van der Waals surface area (Å²) < 4.78 is 0. The van der Waals surface area contributed by atoms with Crippen molar-refractivity contribution in [2.45, 2.75) is 111 Å². The molecule has 1 aliphatic heterocycles. The second kappa shape index (κ2) is 15.8. The first-order valence-electron chi connectivity index (χ1n) is 17.2. The maximum atomic E-state index is 3.69. The Bertz CT molecular complexity index is 1310. The number of allylic oxidation sites excluding steroid dienone is 10. The minimum Gasteiger partial charge on any atom is -0.365 e. The number of aryl methyl sites for hydroxylation is 1. The number of hydrogen-bond acceptors (Lipinski definition) is 2. The molecule has 0 saturated carbocycles. The highest BCUT2D eigenvalue weighted by molar-refractivity contribution is 5.78. The lowest BCUT2D eigenvalue weighted by Gasteiger charge is -2.38. The Labute approximate surface area is 263 Å². The van der Waals surface area contributed by atoms with Gasteiger partial charge in [-0.2, -0.15) is 0 Å². The van der Waals surface area contributed by atoms with Gasteiger partial charge in [0.15, 0.2) is 0 Å². The summed E-state index contributed by atoms with van der Waals surface area (Å²) in [7, 11) is 2.10. The summed E-state index contributed by atoms with van der Waals surface area (Å²) in [5.74, 6) is 2.11. The number of benzene rings is 1. The van der Waals surface area contributed by atoms with Crippen LogP contribution in [0.25, 0.3) is 5.57 Å². The molecule has 1 heterocycles. The van der Waals surface area contributed by atoms with Gasteiger partial charge >= 0.3 is 0 Å². The zero-order valence-electron chi connectivity index (χ0n) is 28.2. The maximum absolute atomic E-state index is 3.69. The summed E-state index contributed by atoms with van der Waals surface area (Å²) in [5, 5.41) is 7.36. The van der Waals surface area contributed by atoms with Crippen molar-refractivity contribution in [3.63, 3.8) is 0 Å². The molecule has 4 atom stereocenters. The molecule has 0 radical (unpaired) electrons. The van der Waals surface area contributed by atoms with E-state index in [1.807, 2.05) is 0 Å². The van der Waals surface area contributed by atoms with Crippen molar-refractivity contribution in [2.24, 2.45) is 17.8 Å². The molecule has 4 rings (SSSR count). The molecule has 0 aromatic heterocycles. The van der Waals surface area contributed by atoms with Gasteiger partial charge in [0.05, 0.1) is 5.54 Å². The number of likely N-dealkylation sites (N-methyl/N-ethyl adjacent to an activating group) is 1. The fourth-order valence-corrected chi connectivity index (χ4v) is 7.57. The van der Waals surface area contributed by atoms with E-state index in [4.69, 9.17) is 0 Å². The molecule has 3 aliphatic rings.